The number of ether oxygens (including phenoxy) is 1. The first-order valence-electron chi connectivity index (χ1n) is 9.04. The Bertz CT molecular complexity index is 1050. The Kier molecular flexibility index (Phi) is 4.54. The molecule has 28 heavy (non-hydrogen) atoms. The molecule has 1 N–H and O–H groups in total. The van der Waals surface area contributed by atoms with Gasteiger partial charge in [0.1, 0.15) is 5.82 Å². The Labute approximate surface area is 161 Å². The number of methoxy groups -OCH3 is 1. The molecule has 3 aromatic rings. The van der Waals surface area contributed by atoms with E-state index in [9.17, 15) is 9.18 Å². The number of hydrogen-bond donors (Lipinski definition) is 1. The minimum absolute atomic E-state index is 0.0769. The average Bonchev–Trinajstić information content (AvgIpc) is 3.09. The molecule has 0 bridgehead atoms. The van der Waals surface area contributed by atoms with E-state index in [2.05, 4.69) is 20.2 Å². The summed E-state index contributed by atoms with van der Waals surface area (Å²) in [5.41, 5.74) is 3.98. The Morgan fingerprint density at radius 3 is 2.93 bits per heavy atom. The van der Waals surface area contributed by atoms with E-state index in [4.69, 9.17) is 4.74 Å². The van der Waals surface area contributed by atoms with Gasteiger partial charge in [0.25, 0.3) is 5.91 Å². The first kappa shape index (κ1) is 18.1. The number of hydrogen-bond acceptors (Lipinski definition) is 5. The number of nitrogens with zero attached hydrogens (tertiary/aromatic N) is 4. The van der Waals surface area contributed by atoms with E-state index >= 15 is 0 Å². The lowest BCUT2D eigenvalue weighted by Crippen LogP contribution is -2.40. The number of fused-ring (bicyclic) bond motifs is 1. The average molecular weight is 381 g/mol. The van der Waals surface area contributed by atoms with Gasteiger partial charge in [-0.1, -0.05) is 6.07 Å². The van der Waals surface area contributed by atoms with Gasteiger partial charge in [0.2, 0.25) is 5.88 Å². The summed E-state index contributed by atoms with van der Waals surface area (Å²) in [5, 5.41) is 7.20. The molecule has 1 atom stereocenters. The van der Waals surface area contributed by atoms with Crippen molar-refractivity contribution in [1.82, 2.24) is 25.1 Å². The number of likely N-dealkylation sites (N-methyl/N-ethyl adjacent to an activating group) is 1. The van der Waals surface area contributed by atoms with Crippen LogP contribution in [0.2, 0.25) is 0 Å². The number of aromatic amines is 1. The normalized spacial score (nSPS) is 16.2. The SMILES string of the molecule is CCN1C(=O)c2c(n[nH]c2C)C[C@@H]1c1ccc(F)cc1-c1cncc(OC)n1. The second-order valence-electron chi connectivity index (χ2n) is 6.66. The molecule has 8 heteroatoms. The maximum Gasteiger partial charge on any atom is 0.258 e. The van der Waals surface area contributed by atoms with Crippen LogP contribution in [0.15, 0.2) is 30.6 Å². The van der Waals surface area contributed by atoms with E-state index < -0.39 is 0 Å². The number of aromatic nitrogens is 4. The monoisotopic (exact) mass is 381 g/mol. The molecule has 1 amide bonds. The van der Waals surface area contributed by atoms with Crippen LogP contribution < -0.4 is 4.74 Å². The molecule has 0 saturated heterocycles. The Hall–Kier alpha value is -3.29. The number of rotatable bonds is 4. The number of carbonyl (C=O) groups excluding carboxylic acids is 1. The fourth-order valence-electron chi connectivity index (χ4n) is 3.75. The van der Waals surface area contributed by atoms with E-state index in [1.807, 2.05) is 13.8 Å². The molecule has 0 radical (unpaired) electrons. The minimum Gasteiger partial charge on any atom is -0.480 e. The second kappa shape index (κ2) is 7.03. The molecule has 7 nitrogen and oxygen atoms in total. The lowest BCUT2D eigenvalue weighted by Gasteiger charge is -2.35. The van der Waals surface area contributed by atoms with Crippen molar-refractivity contribution in [3.05, 3.63) is 58.9 Å². The van der Waals surface area contributed by atoms with Crippen molar-refractivity contribution in [2.45, 2.75) is 26.3 Å². The molecule has 0 unspecified atom stereocenters. The largest absolute Gasteiger partial charge is 0.480 e. The van der Waals surface area contributed by atoms with Gasteiger partial charge in [-0.3, -0.25) is 14.9 Å². The van der Waals surface area contributed by atoms with Crippen LogP contribution in [0.3, 0.4) is 0 Å². The number of aryl methyl sites for hydroxylation is 1. The van der Waals surface area contributed by atoms with Gasteiger partial charge in [-0.05, 0) is 31.5 Å². The third-order valence-corrected chi connectivity index (χ3v) is 5.07. The lowest BCUT2D eigenvalue weighted by molar-refractivity contribution is 0.0659. The van der Waals surface area contributed by atoms with Crippen LogP contribution in [-0.4, -0.2) is 44.6 Å². The number of carbonyl (C=O) groups is 1. The summed E-state index contributed by atoms with van der Waals surface area (Å²) in [6.45, 7) is 4.29. The highest BCUT2D eigenvalue weighted by Gasteiger charge is 2.36. The van der Waals surface area contributed by atoms with Crippen LogP contribution in [0, 0.1) is 12.7 Å². The first-order valence-corrected chi connectivity index (χ1v) is 9.04. The highest BCUT2D eigenvalue weighted by Crippen LogP contribution is 2.38. The maximum absolute atomic E-state index is 14.1. The summed E-state index contributed by atoms with van der Waals surface area (Å²) < 4.78 is 19.3. The molecule has 0 fully saturated rings. The Balaban J connectivity index is 1.86. The molecule has 3 heterocycles. The summed E-state index contributed by atoms with van der Waals surface area (Å²) in [5.74, 6) is -0.123. The van der Waals surface area contributed by atoms with Crippen LogP contribution in [0.5, 0.6) is 5.88 Å². The van der Waals surface area contributed by atoms with E-state index in [0.717, 1.165) is 17.0 Å². The number of benzene rings is 1. The van der Waals surface area contributed by atoms with Crippen molar-refractivity contribution in [3.8, 4) is 17.1 Å². The van der Waals surface area contributed by atoms with E-state index in [-0.39, 0.29) is 17.8 Å². The zero-order valence-electron chi connectivity index (χ0n) is 15.9. The summed E-state index contributed by atoms with van der Waals surface area (Å²) >= 11 is 0. The molecule has 1 aromatic carbocycles. The Morgan fingerprint density at radius 1 is 1.36 bits per heavy atom. The number of H-pyrrole nitrogens is 1. The minimum atomic E-state index is -0.384. The fourth-order valence-corrected chi connectivity index (χ4v) is 3.75. The quantitative estimate of drug-likeness (QED) is 0.751. The van der Waals surface area contributed by atoms with Crippen molar-refractivity contribution in [2.24, 2.45) is 0 Å². The van der Waals surface area contributed by atoms with Gasteiger partial charge in [-0.25, -0.2) is 9.37 Å². The topological polar surface area (TPSA) is 84.0 Å². The van der Waals surface area contributed by atoms with E-state index in [1.165, 1.54) is 25.4 Å². The van der Waals surface area contributed by atoms with Crippen molar-refractivity contribution < 1.29 is 13.9 Å². The predicted molar refractivity (Wildman–Crippen MR) is 100 cm³/mol. The molecule has 4 rings (SSSR count). The van der Waals surface area contributed by atoms with Gasteiger partial charge in [0, 0.05) is 24.2 Å². The van der Waals surface area contributed by atoms with Crippen molar-refractivity contribution in [1.29, 1.82) is 0 Å². The molecule has 144 valence electrons. The van der Waals surface area contributed by atoms with Crippen LogP contribution >= 0.6 is 0 Å². The molecule has 0 saturated carbocycles. The van der Waals surface area contributed by atoms with Gasteiger partial charge < -0.3 is 9.64 Å². The first-order chi connectivity index (χ1) is 13.5. The molecule has 0 spiro atoms. The summed E-state index contributed by atoms with van der Waals surface area (Å²) in [6, 6.07) is 4.24. The van der Waals surface area contributed by atoms with E-state index in [0.29, 0.717) is 35.7 Å². The number of halogens is 1. The third-order valence-electron chi connectivity index (χ3n) is 5.07. The van der Waals surface area contributed by atoms with Crippen molar-refractivity contribution in [3.63, 3.8) is 0 Å². The Morgan fingerprint density at radius 2 is 2.18 bits per heavy atom. The van der Waals surface area contributed by atoms with Gasteiger partial charge in [0.05, 0.1) is 42.5 Å². The van der Waals surface area contributed by atoms with Crippen LogP contribution in [0.4, 0.5) is 4.39 Å². The molecular formula is C20H20FN5O2. The fraction of sp³-hybridized carbons (Fsp3) is 0.300. The summed E-state index contributed by atoms with van der Waals surface area (Å²) in [4.78, 5) is 23.4. The molecular weight excluding hydrogens is 361 g/mol. The van der Waals surface area contributed by atoms with Gasteiger partial charge in [-0.15, -0.1) is 0 Å². The van der Waals surface area contributed by atoms with E-state index in [1.54, 1.807) is 17.2 Å². The second-order valence-corrected chi connectivity index (χ2v) is 6.66. The van der Waals surface area contributed by atoms with Gasteiger partial charge >= 0.3 is 0 Å². The lowest BCUT2D eigenvalue weighted by atomic mass is 9.89. The van der Waals surface area contributed by atoms with Crippen molar-refractivity contribution in [2.75, 3.05) is 13.7 Å². The third kappa shape index (κ3) is 2.90. The zero-order chi connectivity index (χ0) is 19.8. The highest BCUT2D eigenvalue weighted by molar-refractivity contribution is 5.98. The van der Waals surface area contributed by atoms with Gasteiger partial charge in [-0.2, -0.15) is 5.10 Å². The summed E-state index contributed by atoms with van der Waals surface area (Å²) in [6.07, 6.45) is 3.59. The predicted octanol–water partition coefficient (Wildman–Crippen LogP) is 3.08. The smallest absolute Gasteiger partial charge is 0.258 e. The van der Waals surface area contributed by atoms with Crippen molar-refractivity contribution >= 4 is 5.91 Å². The van der Waals surface area contributed by atoms with Gasteiger partial charge in [0.15, 0.2) is 0 Å². The van der Waals surface area contributed by atoms with Crippen LogP contribution in [0.25, 0.3) is 11.3 Å². The van der Waals surface area contributed by atoms with Crippen LogP contribution in [0.1, 0.15) is 40.3 Å². The highest BCUT2D eigenvalue weighted by atomic mass is 19.1. The molecule has 2 aromatic heterocycles. The number of amides is 1. The zero-order valence-corrected chi connectivity index (χ0v) is 15.9. The van der Waals surface area contributed by atoms with Crippen LogP contribution in [-0.2, 0) is 6.42 Å². The molecule has 1 aliphatic heterocycles. The molecule has 0 aliphatic carbocycles. The summed E-state index contributed by atoms with van der Waals surface area (Å²) in [7, 11) is 1.50. The molecule has 1 aliphatic rings. The standard InChI is InChI=1S/C20H20FN5O2/c1-4-26-17(8-15-19(20(26)27)11(2)24-25-15)13-6-5-12(21)7-14(13)16-9-22-10-18(23-16)28-3/h5-7,9-10,17H,4,8H2,1-3H3,(H,24,25)/t17-/m1/s1. The number of nitrogens with one attached hydrogen (secondary N) is 1. The maximum atomic E-state index is 14.1.